The van der Waals surface area contributed by atoms with Gasteiger partial charge < -0.3 is 0 Å². The Labute approximate surface area is 95.5 Å². The van der Waals surface area contributed by atoms with E-state index in [2.05, 4.69) is 15.9 Å². The minimum atomic E-state index is -0.254. The fraction of sp³-hybridized carbons (Fsp3) is 0.0909. The first-order chi connectivity index (χ1) is 7.18. The van der Waals surface area contributed by atoms with E-state index in [1.165, 1.54) is 17.1 Å². The van der Waals surface area contributed by atoms with E-state index in [4.69, 9.17) is 0 Å². The summed E-state index contributed by atoms with van der Waals surface area (Å²) in [5.41, 5.74) is 0.919. The maximum absolute atomic E-state index is 11.3. The predicted molar refractivity (Wildman–Crippen MR) is 58.8 cm³/mol. The summed E-state index contributed by atoms with van der Waals surface area (Å²) in [6.45, 7) is 0.312. The number of carbonyl (C=O) groups is 2. The third kappa shape index (κ3) is 1.99. The molecule has 1 aliphatic heterocycles. The lowest BCUT2D eigenvalue weighted by atomic mass is 10.2. The van der Waals surface area contributed by atoms with Gasteiger partial charge in [-0.1, -0.05) is 34.1 Å². The van der Waals surface area contributed by atoms with Crippen LogP contribution in [0.15, 0.2) is 40.9 Å². The molecule has 0 aliphatic carbocycles. The molecule has 1 aromatic carbocycles. The van der Waals surface area contributed by atoms with E-state index >= 15 is 0 Å². The Morgan fingerprint density at radius 3 is 2.27 bits per heavy atom. The summed E-state index contributed by atoms with van der Waals surface area (Å²) in [5.74, 6) is -0.508. The molecular formula is C11H8BrNO2. The van der Waals surface area contributed by atoms with Gasteiger partial charge in [-0.3, -0.25) is 14.5 Å². The number of benzene rings is 1. The lowest BCUT2D eigenvalue weighted by Crippen LogP contribution is -2.29. The molecule has 0 unspecified atom stereocenters. The summed E-state index contributed by atoms with van der Waals surface area (Å²) >= 11 is 3.37. The third-order valence-corrected chi connectivity index (χ3v) is 2.96. The third-order valence-electron chi connectivity index (χ3n) is 2.19. The Morgan fingerprint density at radius 1 is 1.07 bits per heavy atom. The molecule has 2 amide bonds. The van der Waals surface area contributed by atoms with Crippen molar-refractivity contribution in [2.45, 2.75) is 6.54 Å². The molecule has 1 aromatic rings. The van der Waals surface area contributed by atoms with E-state index in [-0.39, 0.29) is 11.8 Å². The maximum Gasteiger partial charge on any atom is 0.253 e. The molecule has 0 saturated carbocycles. The highest BCUT2D eigenvalue weighted by Gasteiger charge is 2.23. The number of hydrogen-bond acceptors (Lipinski definition) is 2. The number of hydrogen-bond donors (Lipinski definition) is 0. The number of amides is 2. The zero-order valence-electron chi connectivity index (χ0n) is 7.81. The standard InChI is InChI=1S/C11H8BrNO2/c12-9-4-2-1-3-8(9)7-13-10(14)5-6-11(13)15/h1-6H,7H2. The molecule has 0 N–H and O–H groups in total. The van der Waals surface area contributed by atoms with E-state index < -0.39 is 0 Å². The summed E-state index contributed by atoms with van der Waals surface area (Å²) < 4.78 is 0.900. The number of carbonyl (C=O) groups excluding carboxylic acids is 2. The van der Waals surface area contributed by atoms with Gasteiger partial charge >= 0.3 is 0 Å². The molecule has 1 heterocycles. The average Bonchev–Trinajstić information content (AvgIpc) is 2.53. The zero-order valence-corrected chi connectivity index (χ0v) is 9.40. The highest BCUT2D eigenvalue weighted by molar-refractivity contribution is 9.10. The van der Waals surface area contributed by atoms with Crippen molar-refractivity contribution in [1.82, 2.24) is 4.90 Å². The monoisotopic (exact) mass is 265 g/mol. The van der Waals surface area contributed by atoms with E-state index in [0.29, 0.717) is 6.54 Å². The van der Waals surface area contributed by atoms with Gasteiger partial charge in [0.25, 0.3) is 11.8 Å². The van der Waals surface area contributed by atoms with Crippen molar-refractivity contribution in [3.05, 3.63) is 46.5 Å². The summed E-state index contributed by atoms with van der Waals surface area (Å²) in [7, 11) is 0. The van der Waals surface area contributed by atoms with Crippen LogP contribution in [0.1, 0.15) is 5.56 Å². The van der Waals surface area contributed by atoms with Gasteiger partial charge in [0, 0.05) is 16.6 Å². The Kier molecular flexibility index (Phi) is 2.68. The summed E-state index contributed by atoms with van der Waals surface area (Å²) in [6.07, 6.45) is 2.58. The fourth-order valence-electron chi connectivity index (χ4n) is 1.38. The number of halogens is 1. The molecule has 3 nitrogen and oxygen atoms in total. The Hall–Kier alpha value is -1.42. The number of imide groups is 1. The summed E-state index contributed by atoms with van der Waals surface area (Å²) in [5, 5.41) is 0. The number of rotatable bonds is 2. The van der Waals surface area contributed by atoms with Crippen LogP contribution in [0, 0.1) is 0 Å². The van der Waals surface area contributed by atoms with Crippen molar-refractivity contribution in [3.63, 3.8) is 0 Å². The van der Waals surface area contributed by atoms with Crippen LogP contribution in [-0.4, -0.2) is 16.7 Å². The van der Waals surface area contributed by atoms with Crippen molar-refractivity contribution in [1.29, 1.82) is 0 Å². The Morgan fingerprint density at radius 2 is 1.67 bits per heavy atom. The minimum absolute atomic E-state index is 0.254. The maximum atomic E-state index is 11.3. The molecule has 1 aliphatic rings. The second kappa shape index (κ2) is 3.98. The lowest BCUT2D eigenvalue weighted by Gasteiger charge is -2.14. The first kappa shape index (κ1) is 10.1. The van der Waals surface area contributed by atoms with Crippen molar-refractivity contribution < 1.29 is 9.59 Å². The van der Waals surface area contributed by atoms with E-state index in [1.54, 1.807) is 0 Å². The highest BCUT2D eigenvalue weighted by Crippen LogP contribution is 2.19. The lowest BCUT2D eigenvalue weighted by molar-refractivity contribution is -0.137. The second-order valence-corrected chi connectivity index (χ2v) is 4.04. The molecule has 0 spiro atoms. The normalized spacial score (nSPS) is 15.1. The second-order valence-electron chi connectivity index (χ2n) is 3.19. The summed E-state index contributed by atoms with van der Waals surface area (Å²) in [6, 6.07) is 7.52. The van der Waals surface area contributed by atoms with Gasteiger partial charge in [0.2, 0.25) is 0 Å². The van der Waals surface area contributed by atoms with Crippen molar-refractivity contribution in [2.24, 2.45) is 0 Å². The molecule has 76 valence electrons. The SMILES string of the molecule is O=C1C=CC(=O)N1Cc1ccccc1Br. The summed E-state index contributed by atoms with van der Waals surface area (Å²) in [4.78, 5) is 23.8. The van der Waals surface area contributed by atoms with E-state index in [0.717, 1.165) is 10.0 Å². The van der Waals surface area contributed by atoms with Crippen LogP contribution in [0.5, 0.6) is 0 Å². The minimum Gasteiger partial charge on any atom is -0.271 e. The molecule has 0 saturated heterocycles. The largest absolute Gasteiger partial charge is 0.271 e. The molecule has 0 aromatic heterocycles. The van der Waals surface area contributed by atoms with Crippen molar-refractivity contribution in [3.8, 4) is 0 Å². The van der Waals surface area contributed by atoms with E-state index in [1.807, 2.05) is 24.3 Å². The zero-order chi connectivity index (χ0) is 10.8. The van der Waals surface area contributed by atoms with Crippen LogP contribution in [-0.2, 0) is 16.1 Å². The molecular weight excluding hydrogens is 258 g/mol. The molecule has 0 fully saturated rings. The Balaban J connectivity index is 2.20. The van der Waals surface area contributed by atoms with Gasteiger partial charge in [0.05, 0.1) is 6.54 Å². The number of nitrogens with zero attached hydrogens (tertiary/aromatic N) is 1. The van der Waals surface area contributed by atoms with Crippen LogP contribution in [0.4, 0.5) is 0 Å². The van der Waals surface area contributed by atoms with Gasteiger partial charge in [0.1, 0.15) is 0 Å². The first-order valence-electron chi connectivity index (χ1n) is 4.45. The van der Waals surface area contributed by atoms with Crippen molar-refractivity contribution in [2.75, 3.05) is 0 Å². The first-order valence-corrected chi connectivity index (χ1v) is 5.25. The quantitative estimate of drug-likeness (QED) is 0.766. The highest BCUT2D eigenvalue weighted by atomic mass is 79.9. The van der Waals surface area contributed by atoms with E-state index in [9.17, 15) is 9.59 Å². The van der Waals surface area contributed by atoms with Crippen molar-refractivity contribution >= 4 is 27.7 Å². The Bertz CT molecular complexity index is 436. The van der Waals surface area contributed by atoms with Crippen LogP contribution < -0.4 is 0 Å². The van der Waals surface area contributed by atoms with Gasteiger partial charge in [0.15, 0.2) is 0 Å². The van der Waals surface area contributed by atoms with Gasteiger partial charge in [-0.05, 0) is 11.6 Å². The molecule has 15 heavy (non-hydrogen) atoms. The van der Waals surface area contributed by atoms with Crippen LogP contribution in [0.3, 0.4) is 0 Å². The average molecular weight is 266 g/mol. The molecule has 0 radical (unpaired) electrons. The molecule has 2 rings (SSSR count). The van der Waals surface area contributed by atoms with Gasteiger partial charge in [-0.25, -0.2) is 0 Å². The van der Waals surface area contributed by atoms with Crippen LogP contribution in [0.2, 0.25) is 0 Å². The predicted octanol–water partition coefficient (Wildman–Crippen LogP) is 1.87. The van der Waals surface area contributed by atoms with Gasteiger partial charge in [-0.2, -0.15) is 0 Å². The smallest absolute Gasteiger partial charge is 0.253 e. The molecule has 0 atom stereocenters. The van der Waals surface area contributed by atoms with Crippen LogP contribution >= 0.6 is 15.9 Å². The van der Waals surface area contributed by atoms with Gasteiger partial charge in [-0.15, -0.1) is 0 Å². The molecule has 0 bridgehead atoms. The van der Waals surface area contributed by atoms with Crippen LogP contribution in [0.25, 0.3) is 0 Å². The molecule has 4 heteroatoms. The fourth-order valence-corrected chi connectivity index (χ4v) is 1.79. The topological polar surface area (TPSA) is 37.4 Å².